The average Bonchev–Trinajstić information content (AvgIpc) is 3.09. The third-order valence-corrected chi connectivity index (χ3v) is 4.79. The fourth-order valence-electron chi connectivity index (χ4n) is 3.16. The van der Waals surface area contributed by atoms with Crippen LogP contribution in [0.15, 0.2) is 47.6 Å². The minimum Gasteiger partial charge on any atom is -0.371 e. The van der Waals surface area contributed by atoms with Gasteiger partial charge in [-0.3, -0.25) is 4.98 Å². The van der Waals surface area contributed by atoms with E-state index in [0.717, 1.165) is 35.9 Å². The van der Waals surface area contributed by atoms with Crippen LogP contribution in [0, 0.1) is 0 Å². The molecule has 0 spiro atoms. The molecule has 5 nitrogen and oxygen atoms in total. The summed E-state index contributed by atoms with van der Waals surface area (Å²) in [6.45, 7) is 2.05. The molecule has 6 heteroatoms. The van der Waals surface area contributed by atoms with Crippen LogP contribution in [0.5, 0.6) is 0 Å². The zero-order chi connectivity index (χ0) is 14.9. The summed E-state index contributed by atoms with van der Waals surface area (Å²) in [4.78, 5) is 11.0. The number of pyridine rings is 1. The number of piperidine rings is 1. The molecule has 0 aliphatic carbocycles. The van der Waals surface area contributed by atoms with Crippen molar-refractivity contribution in [3.05, 3.63) is 47.6 Å². The number of halogens is 1. The van der Waals surface area contributed by atoms with E-state index in [1.165, 1.54) is 11.1 Å². The Hall–Kier alpha value is -1.95. The van der Waals surface area contributed by atoms with Crippen molar-refractivity contribution in [2.45, 2.75) is 18.9 Å². The molecule has 112 valence electrons. The van der Waals surface area contributed by atoms with E-state index >= 15 is 0 Å². The number of benzene rings is 1. The number of nitrogens with zero attached hydrogens (tertiary/aromatic N) is 5. The number of anilines is 1. The Kier molecular flexibility index (Phi) is 3.54. The third kappa shape index (κ3) is 2.47. The van der Waals surface area contributed by atoms with Crippen LogP contribution < -0.4 is 4.90 Å². The number of aromatic nitrogens is 4. The summed E-state index contributed by atoms with van der Waals surface area (Å²) in [5.41, 5.74) is 2.31. The first-order valence-electron chi connectivity index (χ1n) is 7.44. The molecule has 1 fully saturated rings. The van der Waals surface area contributed by atoms with Crippen molar-refractivity contribution in [2.24, 2.45) is 0 Å². The zero-order valence-corrected chi connectivity index (χ0v) is 13.6. The Bertz CT molecular complexity index is 778. The van der Waals surface area contributed by atoms with E-state index < -0.39 is 0 Å². The van der Waals surface area contributed by atoms with Crippen molar-refractivity contribution < 1.29 is 0 Å². The van der Waals surface area contributed by atoms with Crippen LogP contribution >= 0.6 is 15.9 Å². The highest BCUT2D eigenvalue weighted by atomic mass is 79.9. The lowest BCUT2D eigenvalue weighted by Crippen LogP contribution is -2.34. The molecule has 0 unspecified atom stereocenters. The molecule has 1 aromatic carbocycles. The zero-order valence-electron chi connectivity index (χ0n) is 12.1. The van der Waals surface area contributed by atoms with Crippen molar-refractivity contribution in [3.63, 3.8) is 0 Å². The summed E-state index contributed by atoms with van der Waals surface area (Å²) in [5, 5.41) is 5.47. The molecule has 0 saturated carbocycles. The molecule has 2 aromatic heterocycles. The second-order valence-corrected chi connectivity index (χ2v) is 6.50. The molecule has 1 aliphatic rings. The standard InChI is InChI=1S/C16H16BrN5/c17-12-1-2-15-14(9-12)16(3-6-19-15)21-7-4-13(5-8-21)22-11-18-10-20-22/h1-3,6,9-11,13H,4-5,7-8H2. The lowest BCUT2D eigenvalue weighted by molar-refractivity contribution is 0.366. The monoisotopic (exact) mass is 357 g/mol. The van der Waals surface area contributed by atoms with Gasteiger partial charge in [0.05, 0.1) is 11.6 Å². The van der Waals surface area contributed by atoms with Crippen LogP contribution in [0.4, 0.5) is 5.69 Å². The van der Waals surface area contributed by atoms with Gasteiger partial charge in [0.25, 0.3) is 0 Å². The van der Waals surface area contributed by atoms with Crippen molar-refractivity contribution >= 4 is 32.5 Å². The molecule has 1 saturated heterocycles. The largest absolute Gasteiger partial charge is 0.371 e. The lowest BCUT2D eigenvalue weighted by atomic mass is 10.0. The second kappa shape index (κ2) is 5.68. The van der Waals surface area contributed by atoms with Gasteiger partial charge in [0, 0.05) is 34.8 Å². The van der Waals surface area contributed by atoms with E-state index in [1.807, 2.05) is 23.3 Å². The maximum atomic E-state index is 4.46. The Balaban J connectivity index is 1.60. The van der Waals surface area contributed by atoms with Gasteiger partial charge in [-0.25, -0.2) is 9.67 Å². The van der Waals surface area contributed by atoms with Gasteiger partial charge in [0.2, 0.25) is 0 Å². The predicted octanol–water partition coefficient (Wildman–Crippen LogP) is 3.43. The molecule has 0 bridgehead atoms. The summed E-state index contributed by atoms with van der Waals surface area (Å²) in [7, 11) is 0. The first-order chi connectivity index (χ1) is 10.8. The van der Waals surface area contributed by atoms with Crippen molar-refractivity contribution in [1.29, 1.82) is 0 Å². The van der Waals surface area contributed by atoms with E-state index in [1.54, 1.807) is 6.33 Å². The molecule has 3 heterocycles. The molecule has 22 heavy (non-hydrogen) atoms. The van der Waals surface area contributed by atoms with Crippen LogP contribution in [-0.2, 0) is 0 Å². The van der Waals surface area contributed by atoms with Gasteiger partial charge in [-0.1, -0.05) is 15.9 Å². The quantitative estimate of drug-likeness (QED) is 0.704. The predicted molar refractivity (Wildman–Crippen MR) is 89.9 cm³/mol. The van der Waals surface area contributed by atoms with Crippen LogP contribution in [0.3, 0.4) is 0 Å². The maximum Gasteiger partial charge on any atom is 0.137 e. The minimum atomic E-state index is 0.457. The topological polar surface area (TPSA) is 46.8 Å². The highest BCUT2D eigenvalue weighted by molar-refractivity contribution is 9.10. The summed E-state index contributed by atoms with van der Waals surface area (Å²) in [5.74, 6) is 0. The fraction of sp³-hybridized carbons (Fsp3) is 0.312. The van der Waals surface area contributed by atoms with Crippen molar-refractivity contribution in [2.75, 3.05) is 18.0 Å². The second-order valence-electron chi connectivity index (χ2n) is 5.59. The van der Waals surface area contributed by atoms with E-state index in [0.29, 0.717) is 6.04 Å². The Morgan fingerprint density at radius 3 is 2.77 bits per heavy atom. The highest BCUT2D eigenvalue weighted by Crippen LogP contribution is 2.31. The van der Waals surface area contributed by atoms with Gasteiger partial charge in [0.1, 0.15) is 12.7 Å². The summed E-state index contributed by atoms with van der Waals surface area (Å²) in [6, 6.07) is 8.82. The SMILES string of the molecule is Brc1ccc2nccc(N3CCC(n4cncn4)CC3)c2c1. The normalized spacial score (nSPS) is 16.3. The maximum absolute atomic E-state index is 4.46. The van der Waals surface area contributed by atoms with Crippen LogP contribution in [0.1, 0.15) is 18.9 Å². The van der Waals surface area contributed by atoms with E-state index in [4.69, 9.17) is 0 Å². The first-order valence-corrected chi connectivity index (χ1v) is 8.24. The Morgan fingerprint density at radius 1 is 1.14 bits per heavy atom. The van der Waals surface area contributed by atoms with Crippen LogP contribution in [0.25, 0.3) is 10.9 Å². The molecule has 4 rings (SSSR count). The molecular weight excluding hydrogens is 342 g/mol. The third-order valence-electron chi connectivity index (χ3n) is 4.30. The Morgan fingerprint density at radius 2 is 2.00 bits per heavy atom. The molecule has 0 amide bonds. The highest BCUT2D eigenvalue weighted by Gasteiger charge is 2.22. The van der Waals surface area contributed by atoms with Gasteiger partial charge in [-0.15, -0.1) is 0 Å². The number of hydrogen-bond acceptors (Lipinski definition) is 4. The van der Waals surface area contributed by atoms with Crippen molar-refractivity contribution in [1.82, 2.24) is 19.7 Å². The molecule has 0 N–H and O–H groups in total. The van der Waals surface area contributed by atoms with Gasteiger partial charge in [-0.2, -0.15) is 5.10 Å². The van der Waals surface area contributed by atoms with Crippen molar-refractivity contribution in [3.8, 4) is 0 Å². The first kappa shape index (κ1) is 13.7. The molecule has 3 aromatic rings. The van der Waals surface area contributed by atoms with Gasteiger partial charge < -0.3 is 4.90 Å². The summed E-state index contributed by atoms with van der Waals surface area (Å²) < 4.78 is 3.07. The minimum absolute atomic E-state index is 0.457. The molecule has 0 atom stereocenters. The number of fused-ring (bicyclic) bond motifs is 1. The average molecular weight is 358 g/mol. The Labute approximate surface area is 137 Å². The smallest absolute Gasteiger partial charge is 0.137 e. The summed E-state index contributed by atoms with van der Waals surface area (Å²) in [6.07, 6.45) is 7.50. The van der Waals surface area contributed by atoms with Crippen LogP contribution in [-0.4, -0.2) is 32.8 Å². The lowest BCUT2D eigenvalue weighted by Gasteiger charge is -2.34. The number of rotatable bonds is 2. The molecule has 0 radical (unpaired) electrons. The van der Waals surface area contributed by atoms with Crippen LogP contribution in [0.2, 0.25) is 0 Å². The fourth-order valence-corrected chi connectivity index (χ4v) is 3.52. The number of hydrogen-bond donors (Lipinski definition) is 0. The van der Waals surface area contributed by atoms with E-state index in [2.05, 4.69) is 54.1 Å². The van der Waals surface area contributed by atoms with E-state index in [9.17, 15) is 0 Å². The molecular formula is C16H16BrN5. The summed E-state index contributed by atoms with van der Waals surface area (Å²) >= 11 is 3.56. The van der Waals surface area contributed by atoms with Gasteiger partial charge >= 0.3 is 0 Å². The van der Waals surface area contributed by atoms with Gasteiger partial charge in [0.15, 0.2) is 0 Å². The van der Waals surface area contributed by atoms with Gasteiger partial charge in [-0.05, 0) is 37.1 Å². The van der Waals surface area contributed by atoms with E-state index in [-0.39, 0.29) is 0 Å². The molecule has 1 aliphatic heterocycles.